The Kier molecular flexibility index (Phi) is 4.01. The molecule has 0 atom stereocenters. The van der Waals surface area contributed by atoms with Crippen LogP contribution in [-0.2, 0) is 0 Å². The number of carboxylic acids is 1. The van der Waals surface area contributed by atoms with E-state index in [1.54, 1.807) is 30.4 Å². The van der Waals surface area contributed by atoms with Crippen LogP contribution in [0, 0.1) is 0 Å². The van der Waals surface area contributed by atoms with Crippen molar-refractivity contribution in [2.24, 2.45) is 0 Å². The summed E-state index contributed by atoms with van der Waals surface area (Å²) in [5, 5.41) is 11.9. The van der Waals surface area contributed by atoms with E-state index >= 15 is 0 Å². The highest BCUT2D eigenvalue weighted by Crippen LogP contribution is 2.23. The highest BCUT2D eigenvalue weighted by Gasteiger charge is 2.06. The van der Waals surface area contributed by atoms with Crippen LogP contribution < -0.4 is 0 Å². The molecule has 0 spiro atoms. The SMILES string of the molecule is O=C(O)c1csc(C=Cc2ccc(Cl)cc2Cl)n1. The molecule has 1 N–H and O–H groups in total. The molecule has 0 amide bonds. The number of hydrogen-bond acceptors (Lipinski definition) is 3. The molecule has 1 aromatic carbocycles. The van der Waals surface area contributed by atoms with Crippen LogP contribution in [0.4, 0.5) is 0 Å². The molecule has 0 fully saturated rings. The van der Waals surface area contributed by atoms with Crippen molar-refractivity contribution in [2.45, 2.75) is 0 Å². The zero-order chi connectivity index (χ0) is 13.1. The summed E-state index contributed by atoms with van der Waals surface area (Å²) in [5.74, 6) is -1.03. The lowest BCUT2D eigenvalue weighted by atomic mass is 10.2. The predicted octanol–water partition coefficient (Wildman–Crippen LogP) is 4.32. The Morgan fingerprint density at radius 3 is 2.72 bits per heavy atom. The van der Waals surface area contributed by atoms with E-state index in [2.05, 4.69) is 4.98 Å². The number of hydrogen-bond donors (Lipinski definition) is 1. The molecule has 2 rings (SSSR count). The summed E-state index contributed by atoms with van der Waals surface area (Å²) in [5.41, 5.74) is 0.843. The van der Waals surface area contributed by atoms with E-state index in [1.807, 2.05) is 0 Å². The van der Waals surface area contributed by atoms with Gasteiger partial charge in [0, 0.05) is 15.4 Å². The van der Waals surface area contributed by atoms with Crippen molar-refractivity contribution in [1.29, 1.82) is 0 Å². The molecule has 0 bridgehead atoms. The molecule has 0 saturated carbocycles. The van der Waals surface area contributed by atoms with Gasteiger partial charge in [-0.15, -0.1) is 11.3 Å². The maximum absolute atomic E-state index is 10.7. The van der Waals surface area contributed by atoms with Crippen molar-refractivity contribution in [3.63, 3.8) is 0 Å². The molecule has 0 saturated heterocycles. The average molecular weight is 300 g/mol. The molecule has 1 heterocycles. The van der Waals surface area contributed by atoms with Gasteiger partial charge in [0.25, 0.3) is 0 Å². The molecule has 1 aromatic heterocycles. The van der Waals surface area contributed by atoms with Gasteiger partial charge in [0.1, 0.15) is 5.01 Å². The fourth-order valence-electron chi connectivity index (χ4n) is 1.26. The van der Waals surface area contributed by atoms with Crippen LogP contribution in [0.1, 0.15) is 21.1 Å². The van der Waals surface area contributed by atoms with Crippen LogP contribution in [0.5, 0.6) is 0 Å². The first-order valence-corrected chi connectivity index (χ1v) is 6.52. The third-order valence-corrected chi connectivity index (χ3v) is 3.48. The number of halogens is 2. The Balaban J connectivity index is 2.21. The number of benzene rings is 1. The minimum absolute atomic E-state index is 0.0434. The van der Waals surface area contributed by atoms with Gasteiger partial charge in [0.2, 0.25) is 0 Å². The number of aromatic carboxylic acids is 1. The first kappa shape index (κ1) is 13.1. The Morgan fingerprint density at radius 1 is 1.33 bits per heavy atom. The van der Waals surface area contributed by atoms with Crippen LogP contribution >= 0.6 is 34.5 Å². The molecule has 0 radical (unpaired) electrons. The summed E-state index contributed by atoms with van der Waals surface area (Å²) >= 11 is 13.1. The Bertz CT molecular complexity index is 622. The quantitative estimate of drug-likeness (QED) is 0.918. The van der Waals surface area contributed by atoms with Gasteiger partial charge in [-0.25, -0.2) is 9.78 Å². The highest BCUT2D eigenvalue weighted by atomic mass is 35.5. The second-order valence-electron chi connectivity index (χ2n) is 3.38. The second kappa shape index (κ2) is 5.52. The average Bonchev–Trinajstić information content (AvgIpc) is 2.76. The summed E-state index contributed by atoms with van der Waals surface area (Å²) in [6.45, 7) is 0. The van der Waals surface area contributed by atoms with Gasteiger partial charge in [0.05, 0.1) is 0 Å². The fraction of sp³-hybridized carbons (Fsp3) is 0. The first-order chi connectivity index (χ1) is 8.56. The van der Waals surface area contributed by atoms with Gasteiger partial charge in [-0.1, -0.05) is 35.3 Å². The Hall–Kier alpha value is -1.36. The molecule has 2 aromatic rings. The van der Waals surface area contributed by atoms with E-state index in [9.17, 15) is 4.79 Å². The molecule has 18 heavy (non-hydrogen) atoms. The highest BCUT2D eigenvalue weighted by molar-refractivity contribution is 7.10. The standard InChI is InChI=1S/C12H7Cl2NO2S/c13-8-3-1-7(9(14)5-8)2-4-11-15-10(6-18-11)12(16)17/h1-6H,(H,16,17). The van der Waals surface area contributed by atoms with Crippen molar-refractivity contribution in [3.8, 4) is 0 Å². The molecular formula is C12H7Cl2NO2S. The summed E-state index contributed by atoms with van der Waals surface area (Å²) in [6, 6.07) is 5.16. The molecule has 3 nitrogen and oxygen atoms in total. The molecule has 0 unspecified atom stereocenters. The van der Waals surface area contributed by atoms with E-state index in [1.165, 1.54) is 16.7 Å². The zero-order valence-corrected chi connectivity index (χ0v) is 11.3. The summed E-state index contributed by atoms with van der Waals surface area (Å²) in [6.07, 6.45) is 3.48. The minimum Gasteiger partial charge on any atom is -0.476 e. The van der Waals surface area contributed by atoms with Gasteiger partial charge in [-0.2, -0.15) is 0 Å². The Morgan fingerprint density at radius 2 is 2.11 bits per heavy atom. The fourth-order valence-corrected chi connectivity index (χ4v) is 2.42. The lowest BCUT2D eigenvalue weighted by Crippen LogP contribution is -1.95. The van der Waals surface area contributed by atoms with Gasteiger partial charge in [-0.3, -0.25) is 0 Å². The molecule has 0 aliphatic rings. The van der Waals surface area contributed by atoms with Crippen molar-refractivity contribution in [3.05, 3.63) is 49.9 Å². The molecule has 0 aliphatic heterocycles. The van der Waals surface area contributed by atoms with Gasteiger partial charge in [0.15, 0.2) is 5.69 Å². The third-order valence-electron chi connectivity index (χ3n) is 2.11. The van der Waals surface area contributed by atoms with E-state index in [0.29, 0.717) is 15.1 Å². The third kappa shape index (κ3) is 3.10. The topological polar surface area (TPSA) is 50.2 Å². The van der Waals surface area contributed by atoms with Gasteiger partial charge >= 0.3 is 5.97 Å². The monoisotopic (exact) mass is 299 g/mol. The number of nitrogens with zero attached hydrogens (tertiary/aromatic N) is 1. The zero-order valence-electron chi connectivity index (χ0n) is 8.93. The Labute approximate surface area is 117 Å². The van der Waals surface area contributed by atoms with E-state index in [0.717, 1.165) is 5.56 Å². The number of thiazole rings is 1. The molecular weight excluding hydrogens is 293 g/mol. The second-order valence-corrected chi connectivity index (χ2v) is 5.11. The number of rotatable bonds is 3. The maximum Gasteiger partial charge on any atom is 0.355 e. The van der Waals surface area contributed by atoms with Crippen molar-refractivity contribution in [2.75, 3.05) is 0 Å². The van der Waals surface area contributed by atoms with Crippen LogP contribution in [-0.4, -0.2) is 16.1 Å². The van der Waals surface area contributed by atoms with Crippen molar-refractivity contribution >= 4 is 52.7 Å². The molecule has 0 aliphatic carbocycles. The molecule has 92 valence electrons. The van der Waals surface area contributed by atoms with Crippen LogP contribution in [0.2, 0.25) is 10.0 Å². The van der Waals surface area contributed by atoms with E-state index in [-0.39, 0.29) is 5.69 Å². The smallest absolute Gasteiger partial charge is 0.355 e. The van der Waals surface area contributed by atoms with Crippen LogP contribution in [0.3, 0.4) is 0 Å². The summed E-state index contributed by atoms with van der Waals surface area (Å²) in [4.78, 5) is 14.6. The maximum atomic E-state index is 10.7. The number of aromatic nitrogens is 1. The lowest BCUT2D eigenvalue weighted by Gasteiger charge is -1.97. The van der Waals surface area contributed by atoms with Crippen LogP contribution in [0.25, 0.3) is 12.2 Å². The summed E-state index contributed by atoms with van der Waals surface area (Å²) in [7, 11) is 0. The summed E-state index contributed by atoms with van der Waals surface area (Å²) < 4.78 is 0. The lowest BCUT2D eigenvalue weighted by molar-refractivity contribution is 0.0691. The molecule has 6 heteroatoms. The van der Waals surface area contributed by atoms with Crippen LogP contribution in [0.15, 0.2) is 23.6 Å². The predicted molar refractivity (Wildman–Crippen MR) is 74.5 cm³/mol. The number of carbonyl (C=O) groups is 1. The largest absolute Gasteiger partial charge is 0.476 e. The van der Waals surface area contributed by atoms with Crippen molar-refractivity contribution in [1.82, 2.24) is 4.98 Å². The van der Waals surface area contributed by atoms with Gasteiger partial charge < -0.3 is 5.11 Å². The first-order valence-electron chi connectivity index (χ1n) is 4.88. The van der Waals surface area contributed by atoms with E-state index < -0.39 is 5.97 Å². The minimum atomic E-state index is -1.03. The van der Waals surface area contributed by atoms with Crippen molar-refractivity contribution < 1.29 is 9.90 Å². The normalized spacial score (nSPS) is 11.0. The number of carboxylic acid groups (broad SMARTS) is 1. The van der Waals surface area contributed by atoms with Gasteiger partial charge in [-0.05, 0) is 23.8 Å². The van der Waals surface area contributed by atoms with E-state index in [4.69, 9.17) is 28.3 Å².